The number of thioether (sulfide) groups is 2. The van der Waals surface area contributed by atoms with Crippen LogP contribution in [0.4, 0.5) is 5.69 Å². The van der Waals surface area contributed by atoms with Crippen LogP contribution in [0.2, 0.25) is 0 Å². The Morgan fingerprint density at radius 2 is 1.90 bits per heavy atom. The van der Waals surface area contributed by atoms with Crippen LogP contribution in [0.15, 0.2) is 63.4 Å². The highest BCUT2D eigenvalue weighted by Gasteiger charge is 2.20. The molecule has 0 spiro atoms. The van der Waals surface area contributed by atoms with E-state index in [0.717, 1.165) is 23.4 Å². The van der Waals surface area contributed by atoms with Crippen LogP contribution in [0.25, 0.3) is 10.9 Å². The largest absolute Gasteiger partial charge is 0.324 e. The van der Waals surface area contributed by atoms with Crippen LogP contribution in [-0.2, 0) is 11.3 Å². The van der Waals surface area contributed by atoms with Crippen molar-refractivity contribution in [3.05, 3.63) is 58.9 Å². The highest BCUT2D eigenvalue weighted by molar-refractivity contribution is 8.00. The van der Waals surface area contributed by atoms with Gasteiger partial charge in [0.2, 0.25) is 5.91 Å². The summed E-state index contributed by atoms with van der Waals surface area (Å²) in [6.07, 6.45) is 3.84. The van der Waals surface area contributed by atoms with E-state index in [1.807, 2.05) is 55.6 Å². The van der Waals surface area contributed by atoms with E-state index in [-0.39, 0.29) is 11.5 Å². The van der Waals surface area contributed by atoms with E-state index in [2.05, 4.69) is 12.2 Å². The second-order valence-corrected chi connectivity index (χ2v) is 8.83. The highest BCUT2D eigenvalue weighted by atomic mass is 32.2. The fraction of sp³-hybridized carbons (Fsp3) is 0.318. The second-order valence-electron chi connectivity index (χ2n) is 6.67. The monoisotopic (exact) mass is 427 g/mol. The van der Waals surface area contributed by atoms with E-state index in [0.29, 0.717) is 22.6 Å². The molecule has 0 saturated carbocycles. The molecule has 0 aliphatic rings. The molecule has 0 aliphatic carbocycles. The molecule has 5 nitrogen and oxygen atoms in total. The van der Waals surface area contributed by atoms with Gasteiger partial charge in [-0.3, -0.25) is 14.2 Å². The zero-order valence-corrected chi connectivity index (χ0v) is 18.5. The molecule has 0 radical (unpaired) electrons. The molecule has 1 unspecified atom stereocenters. The molecular weight excluding hydrogens is 402 g/mol. The third kappa shape index (κ3) is 5.03. The van der Waals surface area contributed by atoms with Gasteiger partial charge in [-0.05, 0) is 43.9 Å². The summed E-state index contributed by atoms with van der Waals surface area (Å²) in [5.74, 6) is -0.110. The molecule has 3 aromatic rings. The van der Waals surface area contributed by atoms with Crippen LogP contribution in [0.1, 0.15) is 26.7 Å². The molecule has 29 heavy (non-hydrogen) atoms. The number of para-hydroxylation sites is 2. The topological polar surface area (TPSA) is 64.0 Å². The lowest BCUT2D eigenvalue weighted by Gasteiger charge is -2.17. The van der Waals surface area contributed by atoms with Crippen molar-refractivity contribution >= 4 is 46.0 Å². The first-order valence-electron chi connectivity index (χ1n) is 9.65. The smallest absolute Gasteiger partial charge is 0.262 e. The number of carbonyl (C=O) groups excluding carboxylic acids is 1. The van der Waals surface area contributed by atoms with E-state index in [1.165, 1.54) is 11.8 Å². The van der Waals surface area contributed by atoms with Gasteiger partial charge in [-0.2, -0.15) is 0 Å². The molecule has 3 rings (SSSR count). The number of carbonyl (C=O) groups is 1. The summed E-state index contributed by atoms with van der Waals surface area (Å²) in [6, 6.07) is 15.1. The highest BCUT2D eigenvalue weighted by Crippen LogP contribution is 2.27. The Hall–Kier alpha value is -2.25. The van der Waals surface area contributed by atoms with Gasteiger partial charge in [0.05, 0.1) is 21.8 Å². The predicted octanol–water partition coefficient (Wildman–Crippen LogP) is 5.04. The minimum absolute atomic E-state index is 0.0492. The third-order valence-electron chi connectivity index (χ3n) is 4.58. The van der Waals surface area contributed by atoms with Crippen LogP contribution in [0.5, 0.6) is 0 Å². The maximum Gasteiger partial charge on any atom is 0.262 e. The maximum absolute atomic E-state index is 13.0. The lowest BCUT2D eigenvalue weighted by molar-refractivity contribution is -0.115. The van der Waals surface area contributed by atoms with Crippen LogP contribution < -0.4 is 10.9 Å². The number of hydrogen-bond acceptors (Lipinski definition) is 5. The number of benzene rings is 2. The number of hydrogen-bond donors (Lipinski definition) is 1. The molecular formula is C22H25N3O2S2. The summed E-state index contributed by atoms with van der Waals surface area (Å²) in [5.41, 5.74) is 1.41. The quantitative estimate of drug-likeness (QED) is 0.403. The fourth-order valence-electron chi connectivity index (χ4n) is 2.94. The zero-order valence-electron chi connectivity index (χ0n) is 16.8. The van der Waals surface area contributed by atoms with Crippen molar-refractivity contribution in [2.24, 2.45) is 0 Å². The van der Waals surface area contributed by atoms with E-state index in [9.17, 15) is 9.59 Å². The average Bonchev–Trinajstić information content (AvgIpc) is 2.74. The van der Waals surface area contributed by atoms with Crippen LogP contribution in [0, 0.1) is 0 Å². The van der Waals surface area contributed by atoms with Crippen molar-refractivity contribution in [2.45, 2.75) is 48.5 Å². The van der Waals surface area contributed by atoms with E-state index >= 15 is 0 Å². The first-order valence-corrected chi connectivity index (χ1v) is 11.8. The number of rotatable bonds is 8. The number of nitrogens with zero attached hydrogens (tertiary/aromatic N) is 2. The van der Waals surface area contributed by atoms with Gasteiger partial charge in [-0.1, -0.05) is 49.4 Å². The molecule has 0 saturated heterocycles. The third-order valence-corrected chi connectivity index (χ3v) is 6.46. The molecule has 1 N–H and O–H groups in total. The lowest BCUT2D eigenvalue weighted by Crippen LogP contribution is -2.27. The van der Waals surface area contributed by atoms with E-state index in [4.69, 9.17) is 4.98 Å². The van der Waals surface area contributed by atoms with Gasteiger partial charge in [0.25, 0.3) is 5.56 Å². The van der Waals surface area contributed by atoms with Crippen molar-refractivity contribution in [1.82, 2.24) is 9.55 Å². The Morgan fingerprint density at radius 1 is 1.17 bits per heavy atom. The van der Waals surface area contributed by atoms with Crippen LogP contribution in [0.3, 0.4) is 0 Å². The number of nitrogens with one attached hydrogen (secondary N) is 1. The normalized spacial score (nSPS) is 12.1. The van der Waals surface area contributed by atoms with Gasteiger partial charge in [0, 0.05) is 11.4 Å². The van der Waals surface area contributed by atoms with Gasteiger partial charge in [-0.25, -0.2) is 4.98 Å². The van der Waals surface area contributed by atoms with E-state index in [1.54, 1.807) is 22.4 Å². The minimum Gasteiger partial charge on any atom is -0.324 e. The van der Waals surface area contributed by atoms with Crippen molar-refractivity contribution in [3.63, 3.8) is 0 Å². The number of amides is 1. The summed E-state index contributed by atoms with van der Waals surface area (Å²) in [4.78, 5) is 31.5. The van der Waals surface area contributed by atoms with E-state index < -0.39 is 5.25 Å². The summed E-state index contributed by atoms with van der Waals surface area (Å²) in [6.45, 7) is 4.53. The van der Waals surface area contributed by atoms with Crippen LogP contribution in [-0.4, -0.2) is 27.0 Å². The summed E-state index contributed by atoms with van der Waals surface area (Å²) in [7, 11) is 0. The first-order chi connectivity index (χ1) is 14.0. The van der Waals surface area contributed by atoms with Crippen molar-refractivity contribution < 1.29 is 4.79 Å². The first kappa shape index (κ1) is 21.5. The predicted molar refractivity (Wildman–Crippen MR) is 123 cm³/mol. The molecule has 0 aliphatic heterocycles. The van der Waals surface area contributed by atoms with Crippen molar-refractivity contribution in [2.75, 3.05) is 11.6 Å². The molecule has 7 heteroatoms. The van der Waals surface area contributed by atoms with Crippen molar-refractivity contribution in [1.29, 1.82) is 0 Å². The summed E-state index contributed by atoms with van der Waals surface area (Å²) < 4.78 is 1.70. The molecule has 1 atom stereocenters. The average molecular weight is 428 g/mol. The Kier molecular flexibility index (Phi) is 7.39. The Labute approximate surface area is 179 Å². The SMILES string of the molecule is CCCCn1c(SC(C)C(=O)Nc2ccccc2SC)nc2ccccc2c1=O. The number of aromatic nitrogens is 2. The summed E-state index contributed by atoms with van der Waals surface area (Å²) in [5, 5.41) is 3.80. The van der Waals surface area contributed by atoms with Crippen LogP contribution >= 0.6 is 23.5 Å². The molecule has 2 aromatic carbocycles. The zero-order chi connectivity index (χ0) is 20.8. The van der Waals surface area contributed by atoms with Gasteiger partial charge in [-0.15, -0.1) is 11.8 Å². The number of unbranched alkanes of at least 4 members (excludes halogenated alkanes) is 1. The van der Waals surface area contributed by atoms with Gasteiger partial charge in [0.15, 0.2) is 5.16 Å². The van der Waals surface area contributed by atoms with Gasteiger partial charge in [0.1, 0.15) is 0 Å². The molecule has 0 bridgehead atoms. The Morgan fingerprint density at radius 3 is 2.66 bits per heavy atom. The summed E-state index contributed by atoms with van der Waals surface area (Å²) >= 11 is 2.91. The molecule has 152 valence electrons. The molecule has 1 heterocycles. The van der Waals surface area contributed by atoms with Crippen molar-refractivity contribution in [3.8, 4) is 0 Å². The Balaban J connectivity index is 1.87. The Bertz CT molecular complexity index is 1070. The molecule has 0 fully saturated rings. The van der Waals surface area contributed by atoms with Gasteiger partial charge >= 0.3 is 0 Å². The number of fused-ring (bicyclic) bond motifs is 1. The molecule has 1 aromatic heterocycles. The minimum atomic E-state index is -0.397. The standard InChI is InChI=1S/C22H25N3O2S2/c1-4-5-14-25-21(27)16-10-6-7-11-17(16)24-22(25)29-15(2)20(26)23-18-12-8-9-13-19(18)28-3/h6-13,15H,4-5,14H2,1-3H3,(H,23,26). The molecule has 1 amide bonds. The lowest BCUT2D eigenvalue weighted by atomic mass is 10.2. The maximum atomic E-state index is 13.0. The van der Waals surface area contributed by atoms with Gasteiger partial charge < -0.3 is 5.32 Å². The second kappa shape index (κ2) is 9.98. The fourth-order valence-corrected chi connectivity index (χ4v) is 4.43. The number of anilines is 1.